The Kier molecular flexibility index (Phi) is 121. The first-order chi connectivity index (χ1) is 0. The molecule has 0 amide bonds. The minimum atomic E-state index is 0. The van der Waals surface area contributed by atoms with E-state index >= 15 is 0 Å². The van der Waals surface area contributed by atoms with Crippen LogP contribution < -0.4 is 0 Å². The van der Waals surface area contributed by atoms with Crippen molar-refractivity contribution in [2.45, 2.75) is 0 Å². The van der Waals surface area contributed by atoms with E-state index in [4.69, 9.17) is 0 Å². The van der Waals surface area contributed by atoms with Crippen LogP contribution in [0.1, 0.15) is 0 Å². The average molecular weight is 269 g/mol. The molecule has 0 aliphatic heterocycles. The van der Waals surface area contributed by atoms with Crippen LogP contribution in [0.2, 0.25) is 0 Å². The maximum atomic E-state index is 0. The molecule has 0 N–H and O–H groups in total. The van der Waals surface area contributed by atoms with E-state index in [1.807, 2.05) is 0 Å². The molecule has 0 saturated heterocycles. The fraction of sp³-hybridized carbons (Fsp3) is 0. The standard InChI is InChI=1S/Ba.O.Ti.Zn.2H/q;-2;;+2;;. The first kappa shape index (κ1) is 28.7. The molecule has 0 aliphatic rings. The molecular weight excluding hydrogens is 267 g/mol. The molecule has 0 atom stereocenters. The molecule has 4 heteroatoms. The van der Waals surface area contributed by atoms with Crippen LogP contribution in [0.3, 0.4) is 0 Å². The van der Waals surface area contributed by atoms with Crippen LogP contribution in [-0.4, -0.2) is 48.9 Å². The second-order valence-electron chi connectivity index (χ2n) is 0. The van der Waals surface area contributed by atoms with Gasteiger partial charge in [0.15, 0.2) is 0 Å². The minimum absolute atomic E-state index is 0. The van der Waals surface area contributed by atoms with Gasteiger partial charge in [-0.3, -0.25) is 0 Å². The summed E-state index contributed by atoms with van der Waals surface area (Å²) in [5.41, 5.74) is 0. The van der Waals surface area contributed by atoms with Gasteiger partial charge in [-0.15, -0.1) is 0 Å². The Balaban J connectivity index is 0. The van der Waals surface area contributed by atoms with Gasteiger partial charge in [0.25, 0.3) is 0 Å². The molecule has 0 bridgehead atoms. The fourth-order valence-electron chi connectivity index (χ4n) is 0. The van der Waals surface area contributed by atoms with E-state index in [-0.39, 0.29) is 95.6 Å². The Morgan fingerprint density at radius 2 is 1.00 bits per heavy atom. The van der Waals surface area contributed by atoms with E-state index in [0.717, 1.165) is 0 Å². The summed E-state index contributed by atoms with van der Waals surface area (Å²) < 4.78 is 0. The Labute approximate surface area is 93.3 Å². The number of hydrogen-bond acceptors (Lipinski definition) is 0. The van der Waals surface area contributed by atoms with Crippen molar-refractivity contribution < 1.29 is 46.7 Å². The zero-order chi connectivity index (χ0) is 0. The molecule has 4 heavy (non-hydrogen) atoms. The summed E-state index contributed by atoms with van der Waals surface area (Å²) in [5.74, 6) is 0. The molecule has 0 spiro atoms. The second-order valence-corrected chi connectivity index (χ2v) is 0. The van der Waals surface area contributed by atoms with Crippen LogP contribution >= 0.6 is 0 Å². The van der Waals surface area contributed by atoms with Crippen molar-refractivity contribution >= 4 is 48.9 Å². The van der Waals surface area contributed by atoms with Crippen LogP contribution in [0, 0.1) is 0 Å². The van der Waals surface area contributed by atoms with Gasteiger partial charge in [-0.2, -0.15) is 0 Å². The second kappa shape index (κ2) is 16.9. The topological polar surface area (TPSA) is 28.5 Å². The van der Waals surface area contributed by atoms with E-state index < -0.39 is 0 Å². The van der Waals surface area contributed by atoms with Gasteiger partial charge >= 0.3 is 68.4 Å². The zero-order valence-corrected chi connectivity index (χ0v) is 6.14. The van der Waals surface area contributed by atoms with Gasteiger partial charge in [-0.25, -0.2) is 0 Å². The summed E-state index contributed by atoms with van der Waals surface area (Å²) in [6.07, 6.45) is 0. The molecule has 0 unspecified atom stereocenters. The maximum absolute atomic E-state index is 0. The number of hydrogen-bond donors (Lipinski definition) is 0. The van der Waals surface area contributed by atoms with E-state index in [1.54, 1.807) is 0 Å². The average Bonchev–Trinajstić information content (AvgIpc) is 0. The van der Waals surface area contributed by atoms with E-state index in [2.05, 4.69) is 0 Å². The SMILES string of the molecule is [BaH2].[O-2].[Ti].[Zn+2]. The van der Waals surface area contributed by atoms with E-state index in [1.165, 1.54) is 0 Å². The molecule has 0 rings (SSSR count). The van der Waals surface area contributed by atoms with Crippen LogP contribution in [0.25, 0.3) is 0 Å². The van der Waals surface area contributed by atoms with Crippen molar-refractivity contribution in [3.63, 3.8) is 0 Å². The maximum Gasteiger partial charge on any atom is 2.00 e. The monoisotopic (exact) mass is 268 g/mol. The summed E-state index contributed by atoms with van der Waals surface area (Å²) in [6, 6.07) is 0. The van der Waals surface area contributed by atoms with Gasteiger partial charge in [0.1, 0.15) is 0 Å². The van der Waals surface area contributed by atoms with Gasteiger partial charge < -0.3 is 5.48 Å². The predicted octanol–water partition coefficient (Wildman–Crippen LogP) is -1.04. The summed E-state index contributed by atoms with van der Waals surface area (Å²) in [7, 11) is 0. The van der Waals surface area contributed by atoms with Gasteiger partial charge in [-0.05, 0) is 0 Å². The van der Waals surface area contributed by atoms with E-state index in [0.29, 0.717) is 0 Å². The largest absolute Gasteiger partial charge is 2.00 e. The molecule has 0 fully saturated rings. The molecule has 1 nitrogen and oxygen atoms in total. The third-order valence-corrected chi connectivity index (χ3v) is 0. The van der Waals surface area contributed by atoms with Crippen LogP contribution in [0.5, 0.6) is 0 Å². The zero-order valence-electron chi connectivity index (χ0n) is 1.62. The fourth-order valence-corrected chi connectivity index (χ4v) is 0. The molecule has 0 aromatic heterocycles. The van der Waals surface area contributed by atoms with Crippen molar-refractivity contribution in [3.8, 4) is 0 Å². The molecular formula is H2BaOTiZn. The summed E-state index contributed by atoms with van der Waals surface area (Å²) in [5, 5.41) is 0. The van der Waals surface area contributed by atoms with E-state index in [9.17, 15) is 0 Å². The molecule has 16 valence electrons. The van der Waals surface area contributed by atoms with Crippen LogP contribution in [0.15, 0.2) is 0 Å². The third-order valence-electron chi connectivity index (χ3n) is 0. The molecule has 0 radical (unpaired) electrons. The first-order valence-electron chi connectivity index (χ1n) is 0. The Morgan fingerprint density at radius 1 is 1.00 bits per heavy atom. The quantitative estimate of drug-likeness (QED) is 0.502. The van der Waals surface area contributed by atoms with Crippen LogP contribution in [0.4, 0.5) is 0 Å². The Hall–Kier alpha value is 2.87. The Bertz CT molecular complexity index is 8.00. The summed E-state index contributed by atoms with van der Waals surface area (Å²) in [6.45, 7) is 0. The van der Waals surface area contributed by atoms with Gasteiger partial charge in [-0.1, -0.05) is 0 Å². The molecule has 0 aromatic carbocycles. The molecule has 0 saturated carbocycles. The summed E-state index contributed by atoms with van der Waals surface area (Å²) in [4.78, 5) is 0. The smallest absolute Gasteiger partial charge is 2.00 e. The predicted molar refractivity (Wildman–Crippen MR) is 9.23 cm³/mol. The number of rotatable bonds is 0. The molecule has 0 heterocycles. The van der Waals surface area contributed by atoms with Crippen LogP contribution in [-0.2, 0) is 46.7 Å². The van der Waals surface area contributed by atoms with Crippen molar-refractivity contribution in [3.05, 3.63) is 0 Å². The summed E-state index contributed by atoms with van der Waals surface area (Å²) >= 11 is 0. The normalized spacial score (nSPS) is 0. The van der Waals surface area contributed by atoms with Crippen molar-refractivity contribution in [2.24, 2.45) is 0 Å². The van der Waals surface area contributed by atoms with Gasteiger partial charge in [0.2, 0.25) is 0 Å². The van der Waals surface area contributed by atoms with Gasteiger partial charge in [0, 0.05) is 21.7 Å². The molecule has 0 aromatic rings. The van der Waals surface area contributed by atoms with Gasteiger partial charge in [0.05, 0.1) is 0 Å². The minimum Gasteiger partial charge on any atom is -2.00 e. The first-order valence-corrected chi connectivity index (χ1v) is 0. The van der Waals surface area contributed by atoms with Crippen molar-refractivity contribution in [1.82, 2.24) is 0 Å². The third kappa shape index (κ3) is 8.85. The Morgan fingerprint density at radius 3 is 1.00 bits per heavy atom. The molecule has 0 aliphatic carbocycles. The van der Waals surface area contributed by atoms with Crippen molar-refractivity contribution in [1.29, 1.82) is 0 Å². The van der Waals surface area contributed by atoms with Crippen molar-refractivity contribution in [2.75, 3.05) is 0 Å².